The number of nitrogens with zero attached hydrogens (tertiary/aromatic N) is 2. The predicted octanol–water partition coefficient (Wildman–Crippen LogP) is 5.52. The molecule has 1 aliphatic rings. The molecule has 134 valence electrons. The first kappa shape index (κ1) is 18.6. The van der Waals surface area contributed by atoms with Crippen LogP contribution in [-0.2, 0) is 0 Å². The maximum Gasteiger partial charge on any atom is 0.209 e. The van der Waals surface area contributed by atoms with Crippen molar-refractivity contribution in [3.63, 3.8) is 0 Å². The maximum atomic E-state index is 6.41. The Bertz CT molecular complexity index is 723. The summed E-state index contributed by atoms with van der Waals surface area (Å²) >= 11 is 6.41. The van der Waals surface area contributed by atoms with Crippen LogP contribution in [-0.4, -0.2) is 27.9 Å². The van der Waals surface area contributed by atoms with Crippen molar-refractivity contribution in [2.45, 2.75) is 45.7 Å². The minimum absolute atomic E-state index is 0.0794. The first-order valence-corrected chi connectivity index (χ1v) is 11.1. The van der Waals surface area contributed by atoms with Crippen molar-refractivity contribution >= 4 is 30.2 Å². The quantitative estimate of drug-likeness (QED) is 0.712. The van der Waals surface area contributed by atoms with E-state index in [9.17, 15) is 0 Å². The number of aromatic nitrogens is 1. The van der Waals surface area contributed by atoms with E-state index >= 15 is 0 Å². The zero-order valence-corrected chi connectivity index (χ0v) is 17.2. The van der Waals surface area contributed by atoms with Crippen LogP contribution < -0.4 is 10.4 Å². The fourth-order valence-electron chi connectivity index (χ4n) is 3.69. The molecule has 1 aliphatic heterocycles. The highest BCUT2D eigenvalue weighted by Gasteiger charge is 2.58. The average Bonchev–Trinajstić information content (AvgIpc) is 3.10. The topological polar surface area (TPSA) is 28.2 Å². The van der Waals surface area contributed by atoms with Gasteiger partial charge >= 0.3 is 0 Å². The molecule has 1 aromatic heterocycles. The standard InChI is InChI=1S/C20H28ClN3P/c1-16-7-8-17(15-19(16)21)23-25(20(2,3)4,24-13-5-6-14-24)18-9-11-22-12-10-18/h7-12,15,23H,5-6,13-14H2,1-4H3/q+1. The number of aryl methyl sites for hydroxylation is 1. The Balaban J connectivity index is 2.14. The summed E-state index contributed by atoms with van der Waals surface area (Å²) in [6, 6.07) is 10.7. The Hall–Kier alpha value is -1.15. The van der Waals surface area contributed by atoms with Crippen molar-refractivity contribution in [2.75, 3.05) is 18.2 Å². The molecule has 3 rings (SSSR count). The molecule has 1 atom stereocenters. The van der Waals surface area contributed by atoms with Gasteiger partial charge in [-0.3, -0.25) is 4.98 Å². The summed E-state index contributed by atoms with van der Waals surface area (Å²) < 4.78 is 2.69. The van der Waals surface area contributed by atoms with Crippen LogP contribution in [0.3, 0.4) is 0 Å². The number of nitrogens with one attached hydrogen (secondary N) is 1. The highest BCUT2D eigenvalue weighted by atomic mass is 35.5. The van der Waals surface area contributed by atoms with Gasteiger partial charge in [0.1, 0.15) is 10.5 Å². The zero-order valence-electron chi connectivity index (χ0n) is 15.6. The molecule has 1 saturated heterocycles. The third kappa shape index (κ3) is 3.56. The Labute approximate surface area is 157 Å². The van der Waals surface area contributed by atoms with E-state index in [1.54, 1.807) is 0 Å². The lowest BCUT2D eigenvalue weighted by Gasteiger charge is -2.43. The molecule has 2 aromatic rings. The van der Waals surface area contributed by atoms with E-state index in [4.69, 9.17) is 11.6 Å². The van der Waals surface area contributed by atoms with Crippen LogP contribution in [0, 0.1) is 6.92 Å². The summed E-state index contributed by atoms with van der Waals surface area (Å²) in [6.07, 6.45) is 6.35. The van der Waals surface area contributed by atoms with Gasteiger partial charge in [-0.2, -0.15) is 4.67 Å². The molecule has 0 radical (unpaired) electrons. The second-order valence-corrected chi connectivity index (χ2v) is 12.1. The largest absolute Gasteiger partial charge is 0.264 e. The van der Waals surface area contributed by atoms with Crippen LogP contribution >= 0.6 is 19.2 Å². The fourth-order valence-corrected chi connectivity index (χ4v) is 8.38. The molecule has 1 unspecified atom stereocenters. The van der Waals surface area contributed by atoms with E-state index < -0.39 is 7.56 Å². The van der Waals surface area contributed by atoms with E-state index in [1.165, 1.54) is 18.1 Å². The summed E-state index contributed by atoms with van der Waals surface area (Å²) in [6.45, 7) is 11.4. The number of hydrogen-bond donors (Lipinski definition) is 1. The van der Waals surface area contributed by atoms with Crippen LogP contribution in [0.1, 0.15) is 39.2 Å². The number of halogens is 1. The highest BCUT2D eigenvalue weighted by Crippen LogP contribution is 2.70. The number of rotatable bonds is 4. The monoisotopic (exact) mass is 376 g/mol. The number of hydrogen-bond acceptors (Lipinski definition) is 3. The van der Waals surface area contributed by atoms with Gasteiger partial charge < -0.3 is 0 Å². The Morgan fingerprint density at radius 1 is 1.08 bits per heavy atom. The molecule has 0 amide bonds. The lowest BCUT2D eigenvalue weighted by molar-refractivity contribution is 0.534. The summed E-state index contributed by atoms with van der Waals surface area (Å²) in [4.78, 5) is 4.25. The number of anilines is 1. The van der Waals surface area contributed by atoms with E-state index in [1.807, 2.05) is 19.3 Å². The molecule has 1 N–H and O–H groups in total. The second-order valence-electron chi connectivity index (χ2n) is 7.75. The average molecular weight is 377 g/mol. The van der Waals surface area contributed by atoms with Gasteiger partial charge in [-0.15, -0.1) is 0 Å². The van der Waals surface area contributed by atoms with Crippen molar-refractivity contribution < 1.29 is 0 Å². The van der Waals surface area contributed by atoms with Gasteiger partial charge in [0.05, 0.1) is 5.69 Å². The lowest BCUT2D eigenvalue weighted by atomic mass is 10.2. The number of pyridine rings is 1. The third-order valence-electron chi connectivity index (χ3n) is 4.98. The molecule has 5 heteroatoms. The first-order valence-electron chi connectivity index (χ1n) is 8.94. The van der Waals surface area contributed by atoms with Gasteiger partial charge in [-0.1, -0.05) is 17.7 Å². The minimum Gasteiger partial charge on any atom is -0.264 e. The lowest BCUT2D eigenvalue weighted by Crippen LogP contribution is -2.43. The molecule has 2 heterocycles. The first-order chi connectivity index (χ1) is 11.8. The van der Waals surface area contributed by atoms with Crippen LogP contribution in [0.15, 0.2) is 42.7 Å². The zero-order chi connectivity index (χ0) is 18.1. The van der Waals surface area contributed by atoms with Crippen LogP contribution in [0.2, 0.25) is 5.02 Å². The van der Waals surface area contributed by atoms with Gasteiger partial charge in [0, 0.05) is 42.6 Å². The van der Waals surface area contributed by atoms with Gasteiger partial charge in [0.25, 0.3) is 0 Å². The summed E-state index contributed by atoms with van der Waals surface area (Å²) in [5.41, 5.74) is 2.21. The number of benzene rings is 1. The highest BCUT2D eigenvalue weighted by molar-refractivity contribution is 7.83. The molecule has 1 aromatic carbocycles. The van der Waals surface area contributed by atoms with Crippen molar-refractivity contribution in [1.82, 2.24) is 9.65 Å². The van der Waals surface area contributed by atoms with Crippen LogP contribution in [0.4, 0.5) is 5.69 Å². The van der Waals surface area contributed by atoms with Crippen LogP contribution in [0.5, 0.6) is 0 Å². The van der Waals surface area contributed by atoms with Gasteiger partial charge in [-0.05, 0) is 58.2 Å². The predicted molar refractivity (Wildman–Crippen MR) is 111 cm³/mol. The van der Waals surface area contributed by atoms with E-state index in [-0.39, 0.29) is 5.16 Å². The molecule has 25 heavy (non-hydrogen) atoms. The van der Waals surface area contributed by atoms with E-state index in [0.717, 1.165) is 29.4 Å². The molecular weight excluding hydrogens is 349 g/mol. The van der Waals surface area contributed by atoms with E-state index in [0.29, 0.717) is 0 Å². The molecular formula is C20H28ClN3P+. The van der Waals surface area contributed by atoms with Gasteiger partial charge in [-0.25, -0.2) is 5.09 Å². The minimum atomic E-state index is -1.85. The SMILES string of the molecule is Cc1ccc(N[P+](c2ccncc2)(N2CCCC2)C(C)(C)C)cc1Cl. The summed E-state index contributed by atoms with van der Waals surface area (Å²) in [5, 5.41) is 6.23. The second kappa shape index (κ2) is 7.23. The van der Waals surface area contributed by atoms with Crippen LogP contribution in [0.25, 0.3) is 0 Å². The van der Waals surface area contributed by atoms with Crippen molar-refractivity contribution in [1.29, 1.82) is 0 Å². The fraction of sp³-hybridized carbons (Fsp3) is 0.450. The summed E-state index contributed by atoms with van der Waals surface area (Å²) in [7, 11) is -1.85. The van der Waals surface area contributed by atoms with Gasteiger partial charge in [0.15, 0.2) is 0 Å². The Morgan fingerprint density at radius 2 is 1.72 bits per heavy atom. The molecule has 0 saturated carbocycles. The molecule has 0 spiro atoms. The molecule has 0 bridgehead atoms. The third-order valence-corrected chi connectivity index (χ3v) is 10.2. The smallest absolute Gasteiger partial charge is 0.209 e. The molecule has 0 aliphatic carbocycles. The summed E-state index contributed by atoms with van der Waals surface area (Å²) in [5.74, 6) is 0. The van der Waals surface area contributed by atoms with Crippen molar-refractivity contribution in [3.05, 3.63) is 53.3 Å². The van der Waals surface area contributed by atoms with Crippen molar-refractivity contribution in [3.8, 4) is 0 Å². The van der Waals surface area contributed by atoms with Gasteiger partial charge in [0.2, 0.25) is 7.56 Å². The Morgan fingerprint density at radius 3 is 2.28 bits per heavy atom. The maximum absolute atomic E-state index is 6.41. The van der Waals surface area contributed by atoms with Crippen molar-refractivity contribution in [2.24, 2.45) is 0 Å². The normalized spacial score (nSPS) is 18.1. The molecule has 1 fully saturated rings. The van der Waals surface area contributed by atoms with E-state index in [2.05, 4.69) is 65.8 Å². The molecule has 3 nitrogen and oxygen atoms in total. The Kier molecular flexibility index (Phi) is 5.39.